The van der Waals surface area contributed by atoms with Crippen LogP contribution in [0.4, 0.5) is 0 Å². The van der Waals surface area contributed by atoms with Gasteiger partial charge in [-0.25, -0.2) is 0 Å². The van der Waals surface area contributed by atoms with Crippen molar-refractivity contribution < 1.29 is 0 Å². The zero-order valence-electron chi connectivity index (χ0n) is 11.0. The molecule has 0 aromatic heterocycles. The second-order valence-electron chi connectivity index (χ2n) is 4.88. The molecule has 1 aromatic rings. The quantitative estimate of drug-likeness (QED) is 0.687. The van der Waals surface area contributed by atoms with Crippen LogP contribution in [0, 0.1) is 0 Å². The van der Waals surface area contributed by atoms with Gasteiger partial charge in [-0.1, -0.05) is 24.3 Å². The van der Waals surface area contributed by atoms with E-state index in [-0.39, 0.29) is 0 Å². The van der Waals surface area contributed by atoms with Crippen molar-refractivity contribution in [2.75, 3.05) is 23.0 Å². The van der Waals surface area contributed by atoms with E-state index >= 15 is 0 Å². The predicted octanol–water partition coefficient (Wildman–Crippen LogP) is 5.24. The van der Waals surface area contributed by atoms with Gasteiger partial charge in [-0.3, -0.25) is 0 Å². The molecular weight excluding hydrogens is 361 g/mol. The SMILES string of the molecule is SCC1CSC(c2ccc(C3SCC(CS)S3)cc2)S1. The summed E-state index contributed by atoms with van der Waals surface area (Å²) in [5.41, 5.74) is 2.93. The Balaban J connectivity index is 1.63. The van der Waals surface area contributed by atoms with E-state index in [1.165, 1.54) is 22.6 Å². The van der Waals surface area contributed by atoms with Crippen LogP contribution in [-0.4, -0.2) is 33.5 Å². The number of thioether (sulfide) groups is 4. The summed E-state index contributed by atoms with van der Waals surface area (Å²) < 4.78 is 1.21. The minimum absolute atomic E-state index is 0.607. The molecule has 4 atom stereocenters. The molecule has 0 aliphatic carbocycles. The average molecular weight is 379 g/mol. The van der Waals surface area contributed by atoms with Crippen molar-refractivity contribution >= 4 is 72.3 Å². The van der Waals surface area contributed by atoms with Gasteiger partial charge >= 0.3 is 0 Å². The third kappa shape index (κ3) is 3.80. The Morgan fingerprint density at radius 1 is 0.800 bits per heavy atom. The molecule has 0 radical (unpaired) electrons. The van der Waals surface area contributed by atoms with Crippen LogP contribution in [-0.2, 0) is 0 Å². The first-order valence-corrected chi connectivity index (χ1v) is 11.9. The second-order valence-corrected chi connectivity index (χ2v) is 11.3. The molecule has 110 valence electrons. The van der Waals surface area contributed by atoms with Gasteiger partial charge in [0.15, 0.2) is 0 Å². The molecule has 0 spiro atoms. The summed E-state index contributed by atoms with van der Waals surface area (Å²) in [6.45, 7) is 0. The minimum atomic E-state index is 0.607. The first-order chi connectivity index (χ1) is 9.80. The van der Waals surface area contributed by atoms with Crippen molar-refractivity contribution in [3.63, 3.8) is 0 Å². The van der Waals surface area contributed by atoms with Gasteiger partial charge in [-0.2, -0.15) is 25.3 Å². The summed E-state index contributed by atoms with van der Waals surface area (Å²) >= 11 is 17.1. The highest BCUT2D eigenvalue weighted by Crippen LogP contribution is 2.52. The Morgan fingerprint density at radius 3 is 1.50 bits per heavy atom. The monoisotopic (exact) mass is 378 g/mol. The Labute approximate surface area is 149 Å². The van der Waals surface area contributed by atoms with Crippen molar-refractivity contribution in [1.82, 2.24) is 0 Å². The van der Waals surface area contributed by atoms with Crippen molar-refractivity contribution in [1.29, 1.82) is 0 Å². The molecule has 2 aliphatic heterocycles. The minimum Gasteiger partial charge on any atom is -0.178 e. The molecule has 0 nitrogen and oxygen atoms in total. The van der Waals surface area contributed by atoms with Gasteiger partial charge in [0.25, 0.3) is 0 Å². The fraction of sp³-hybridized carbons (Fsp3) is 0.571. The summed E-state index contributed by atoms with van der Waals surface area (Å²) in [6.07, 6.45) is 0. The molecule has 4 unspecified atom stereocenters. The van der Waals surface area contributed by atoms with Gasteiger partial charge < -0.3 is 0 Å². The van der Waals surface area contributed by atoms with E-state index in [1.807, 2.05) is 0 Å². The number of benzene rings is 1. The fourth-order valence-corrected chi connectivity index (χ4v) is 9.73. The maximum absolute atomic E-state index is 4.42. The number of thiol groups is 2. The zero-order chi connectivity index (χ0) is 13.9. The molecule has 0 bridgehead atoms. The number of rotatable bonds is 4. The summed E-state index contributed by atoms with van der Waals surface area (Å²) in [5.74, 6) is 4.45. The van der Waals surface area contributed by atoms with Gasteiger partial charge in [-0.05, 0) is 11.1 Å². The van der Waals surface area contributed by atoms with Gasteiger partial charge in [0.1, 0.15) is 0 Å². The van der Waals surface area contributed by atoms with E-state index < -0.39 is 0 Å². The lowest BCUT2D eigenvalue weighted by Crippen LogP contribution is -2.01. The maximum atomic E-state index is 4.42. The van der Waals surface area contributed by atoms with Crippen LogP contribution in [0.2, 0.25) is 0 Å². The van der Waals surface area contributed by atoms with Crippen molar-refractivity contribution in [3.8, 4) is 0 Å². The third-order valence-corrected chi connectivity index (χ3v) is 11.5. The highest BCUT2D eigenvalue weighted by Gasteiger charge is 2.28. The van der Waals surface area contributed by atoms with Crippen LogP contribution in [0.3, 0.4) is 0 Å². The van der Waals surface area contributed by atoms with Gasteiger partial charge in [0, 0.05) is 33.5 Å². The average Bonchev–Trinajstić information content (AvgIpc) is 3.16. The van der Waals surface area contributed by atoms with Crippen molar-refractivity contribution in [3.05, 3.63) is 35.4 Å². The molecular formula is C14H18S6. The lowest BCUT2D eigenvalue weighted by atomic mass is 10.2. The summed E-state index contributed by atoms with van der Waals surface area (Å²) in [5, 5.41) is 1.43. The molecule has 3 rings (SSSR count). The van der Waals surface area contributed by atoms with E-state index in [9.17, 15) is 0 Å². The molecule has 6 heteroatoms. The Morgan fingerprint density at radius 2 is 1.20 bits per heavy atom. The Hall–Kier alpha value is 1.32. The third-order valence-electron chi connectivity index (χ3n) is 3.39. The summed E-state index contributed by atoms with van der Waals surface area (Å²) in [6, 6.07) is 9.32. The first kappa shape index (κ1) is 16.2. The van der Waals surface area contributed by atoms with Crippen LogP contribution in [0.25, 0.3) is 0 Å². The lowest BCUT2D eigenvalue weighted by Gasteiger charge is -2.13. The second kappa shape index (κ2) is 7.73. The van der Waals surface area contributed by atoms with E-state index in [1.54, 1.807) is 0 Å². The maximum Gasteiger partial charge on any atom is 0.0755 e. The molecule has 20 heavy (non-hydrogen) atoms. The summed E-state index contributed by atoms with van der Waals surface area (Å²) in [7, 11) is 0. The smallest absolute Gasteiger partial charge is 0.0755 e. The van der Waals surface area contributed by atoms with Crippen LogP contribution in [0.15, 0.2) is 24.3 Å². The van der Waals surface area contributed by atoms with Crippen molar-refractivity contribution in [2.45, 2.75) is 19.7 Å². The van der Waals surface area contributed by atoms with E-state index in [0.717, 1.165) is 11.5 Å². The predicted molar refractivity (Wildman–Crippen MR) is 107 cm³/mol. The highest BCUT2D eigenvalue weighted by molar-refractivity contribution is 8.20. The topological polar surface area (TPSA) is 0 Å². The molecule has 2 fully saturated rings. The highest BCUT2D eigenvalue weighted by atomic mass is 32.2. The first-order valence-electron chi connectivity index (χ1n) is 6.66. The number of hydrogen-bond acceptors (Lipinski definition) is 6. The molecule has 2 saturated heterocycles. The normalized spacial score (nSPS) is 33.7. The van der Waals surface area contributed by atoms with Crippen LogP contribution >= 0.6 is 72.3 Å². The number of hydrogen-bond donors (Lipinski definition) is 2. The molecule has 2 aliphatic rings. The van der Waals surface area contributed by atoms with Crippen LogP contribution < -0.4 is 0 Å². The molecule has 0 N–H and O–H groups in total. The van der Waals surface area contributed by atoms with E-state index in [0.29, 0.717) is 19.7 Å². The van der Waals surface area contributed by atoms with Gasteiger partial charge in [0.2, 0.25) is 0 Å². The summed E-state index contributed by atoms with van der Waals surface area (Å²) in [4.78, 5) is 0. The fourth-order valence-electron chi connectivity index (χ4n) is 2.25. The van der Waals surface area contributed by atoms with Crippen LogP contribution in [0.1, 0.15) is 20.3 Å². The van der Waals surface area contributed by atoms with Crippen LogP contribution in [0.5, 0.6) is 0 Å². The van der Waals surface area contributed by atoms with Gasteiger partial charge in [0.05, 0.1) is 9.16 Å². The van der Waals surface area contributed by atoms with Gasteiger partial charge in [-0.15, -0.1) is 47.0 Å². The Kier molecular flexibility index (Phi) is 6.26. The van der Waals surface area contributed by atoms with Crippen molar-refractivity contribution in [2.24, 2.45) is 0 Å². The van der Waals surface area contributed by atoms with E-state index in [2.05, 4.69) is 96.6 Å². The van der Waals surface area contributed by atoms with E-state index in [4.69, 9.17) is 0 Å². The Bertz CT molecular complexity index is 393. The lowest BCUT2D eigenvalue weighted by molar-refractivity contribution is 1.17. The largest absolute Gasteiger partial charge is 0.178 e. The standard InChI is InChI=1S/C14H18S6/c15-5-11-7-17-13(19-11)9-1-2-10(4-3-9)14-18-8-12(6-16)20-14/h1-4,11-16H,5-8H2. The molecule has 0 amide bonds. The molecule has 2 heterocycles. The molecule has 1 aromatic carbocycles. The zero-order valence-corrected chi connectivity index (χ0v) is 16.0. The molecule has 0 saturated carbocycles.